The summed E-state index contributed by atoms with van der Waals surface area (Å²) in [6.07, 6.45) is 8.73. The number of nitrogens with zero attached hydrogens (tertiary/aromatic N) is 3. The molecule has 1 atom stereocenters. The van der Waals surface area contributed by atoms with Gasteiger partial charge >= 0.3 is 0 Å². The summed E-state index contributed by atoms with van der Waals surface area (Å²) < 4.78 is 6.04. The first-order valence-electron chi connectivity index (χ1n) is 7.42. The first kappa shape index (κ1) is 13.0. The minimum Gasteiger partial charge on any atom is -0.365 e. The first-order chi connectivity index (χ1) is 9.28. The van der Waals surface area contributed by atoms with E-state index in [2.05, 4.69) is 32.9 Å². The van der Waals surface area contributed by atoms with Gasteiger partial charge in [-0.15, -0.1) is 10.2 Å². The summed E-state index contributed by atoms with van der Waals surface area (Å²) in [4.78, 5) is 0. The number of nitrogens with one attached hydrogen (secondary N) is 2. The van der Waals surface area contributed by atoms with Crippen molar-refractivity contribution in [2.24, 2.45) is 0 Å². The van der Waals surface area contributed by atoms with Crippen LogP contribution in [0.5, 0.6) is 0 Å². The molecule has 0 unspecified atom stereocenters. The van der Waals surface area contributed by atoms with Crippen molar-refractivity contribution in [1.29, 1.82) is 0 Å². The van der Waals surface area contributed by atoms with Crippen molar-refractivity contribution in [2.75, 3.05) is 6.61 Å². The molecule has 1 aromatic rings. The Morgan fingerprint density at radius 1 is 1.37 bits per heavy atom. The van der Waals surface area contributed by atoms with E-state index in [0.29, 0.717) is 24.5 Å². The second-order valence-electron chi connectivity index (χ2n) is 5.94. The Bertz CT molecular complexity index is 384. The van der Waals surface area contributed by atoms with E-state index in [0.717, 1.165) is 12.8 Å². The molecular formula is C13H23N5O. The summed E-state index contributed by atoms with van der Waals surface area (Å²) in [6, 6.07) is 1.06. The van der Waals surface area contributed by atoms with E-state index in [1.54, 1.807) is 0 Å². The van der Waals surface area contributed by atoms with Crippen LogP contribution in [-0.2, 0) is 10.3 Å². The molecule has 2 aliphatic carbocycles. The number of tetrazole rings is 1. The summed E-state index contributed by atoms with van der Waals surface area (Å²) in [5, 5.41) is 17.9. The maximum atomic E-state index is 6.04. The molecule has 2 fully saturated rings. The fraction of sp³-hybridized carbons (Fsp3) is 0.923. The van der Waals surface area contributed by atoms with Gasteiger partial charge in [-0.05, 0) is 32.6 Å². The molecule has 2 aliphatic rings. The third-order valence-electron chi connectivity index (χ3n) is 4.19. The van der Waals surface area contributed by atoms with Gasteiger partial charge in [-0.1, -0.05) is 24.5 Å². The van der Waals surface area contributed by atoms with E-state index in [4.69, 9.17) is 4.74 Å². The van der Waals surface area contributed by atoms with Gasteiger partial charge in [-0.3, -0.25) is 0 Å². The maximum absolute atomic E-state index is 6.04. The molecule has 2 saturated carbocycles. The normalized spacial score (nSPS) is 24.3. The molecule has 106 valence electrons. The highest BCUT2D eigenvalue weighted by Crippen LogP contribution is 2.47. The smallest absolute Gasteiger partial charge is 0.206 e. The average Bonchev–Trinajstić information content (AvgIpc) is 3.01. The zero-order valence-electron chi connectivity index (χ0n) is 11.6. The van der Waals surface area contributed by atoms with Crippen molar-refractivity contribution >= 4 is 0 Å². The Morgan fingerprint density at radius 3 is 2.79 bits per heavy atom. The molecule has 1 heterocycles. The Hall–Kier alpha value is -1.01. The molecule has 0 aliphatic heterocycles. The summed E-state index contributed by atoms with van der Waals surface area (Å²) in [7, 11) is 0. The lowest BCUT2D eigenvalue weighted by molar-refractivity contribution is 0.0105. The van der Waals surface area contributed by atoms with Crippen molar-refractivity contribution in [3.8, 4) is 0 Å². The van der Waals surface area contributed by atoms with Gasteiger partial charge in [0.25, 0.3) is 0 Å². The standard InChI is InChI=1S/C13H23N5O/c1-10(14-11-5-3-2-4-6-11)9-19-13(7-8-13)12-15-17-18-16-12/h10-11,14H,2-9H2,1H3,(H,15,16,17,18)/t10-/m1/s1. The lowest BCUT2D eigenvalue weighted by Gasteiger charge is -2.27. The van der Waals surface area contributed by atoms with Crippen molar-refractivity contribution < 1.29 is 4.74 Å². The highest BCUT2D eigenvalue weighted by molar-refractivity contribution is 5.09. The van der Waals surface area contributed by atoms with Crippen molar-refractivity contribution in [2.45, 2.75) is 69.6 Å². The molecule has 0 spiro atoms. The molecule has 0 saturated heterocycles. The van der Waals surface area contributed by atoms with Gasteiger partial charge in [0.2, 0.25) is 5.82 Å². The van der Waals surface area contributed by atoms with Gasteiger partial charge in [0.15, 0.2) is 0 Å². The van der Waals surface area contributed by atoms with E-state index >= 15 is 0 Å². The fourth-order valence-corrected chi connectivity index (χ4v) is 2.91. The summed E-state index contributed by atoms with van der Waals surface area (Å²) in [5.74, 6) is 0.706. The molecule has 0 radical (unpaired) electrons. The van der Waals surface area contributed by atoms with E-state index < -0.39 is 0 Å². The third-order valence-corrected chi connectivity index (χ3v) is 4.19. The lowest BCUT2D eigenvalue weighted by Crippen LogP contribution is -2.41. The minimum absolute atomic E-state index is 0.254. The molecule has 0 amide bonds. The van der Waals surface area contributed by atoms with Crippen LogP contribution in [0.3, 0.4) is 0 Å². The van der Waals surface area contributed by atoms with Crippen LogP contribution in [0, 0.1) is 0 Å². The summed E-state index contributed by atoms with van der Waals surface area (Å²) in [6.45, 7) is 2.91. The second-order valence-corrected chi connectivity index (χ2v) is 5.94. The summed E-state index contributed by atoms with van der Waals surface area (Å²) >= 11 is 0. The minimum atomic E-state index is -0.254. The van der Waals surface area contributed by atoms with Crippen LogP contribution in [0.1, 0.15) is 57.7 Å². The van der Waals surface area contributed by atoms with Gasteiger partial charge < -0.3 is 10.1 Å². The number of hydrogen-bond donors (Lipinski definition) is 2. The topological polar surface area (TPSA) is 75.7 Å². The molecule has 0 aromatic carbocycles. The highest BCUT2D eigenvalue weighted by atomic mass is 16.5. The van der Waals surface area contributed by atoms with Crippen molar-refractivity contribution in [1.82, 2.24) is 25.9 Å². The average molecular weight is 265 g/mol. The lowest BCUT2D eigenvalue weighted by atomic mass is 9.95. The van der Waals surface area contributed by atoms with Crippen molar-refractivity contribution in [3.05, 3.63) is 5.82 Å². The number of rotatable bonds is 6. The first-order valence-corrected chi connectivity index (χ1v) is 7.42. The highest BCUT2D eigenvalue weighted by Gasteiger charge is 2.49. The molecule has 6 heteroatoms. The van der Waals surface area contributed by atoms with Crippen LogP contribution in [0.25, 0.3) is 0 Å². The van der Waals surface area contributed by atoms with Gasteiger partial charge in [0.1, 0.15) is 5.60 Å². The van der Waals surface area contributed by atoms with Crippen LogP contribution in [-0.4, -0.2) is 39.3 Å². The summed E-state index contributed by atoms with van der Waals surface area (Å²) in [5.41, 5.74) is -0.254. The van der Waals surface area contributed by atoms with Crippen LogP contribution in [0.15, 0.2) is 0 Å². The van der Waals surface area contributed by atoms with E-state index in [9.17, 15) is 0 Å². The Labute approximate surface area is 113 Å². The quantitative estimate of drug-likeness (QED) is 0.815. The molecule has 6 nitrogen and oxygen atoms in total. The Kier molecular flexibility index (Phi) is 3.79. The number of aromatic amines is 1. The number of H-pyrrole nitrogens is 1. The predicted octanol–water partition coefficient (Wildman–Crippen LogP) is 1.52. The molecular weight excluding hydrogens is 242 g/mol. The van der Waals surface area contributed by atoms with Crippen LogP contribution < -0.4 is 5.32 Å². The Morgan fingerprint density at radius 2 is 2.16 bits per heavy atom. The zero-order chi connectivity index (χ0) is 13.1. The maximum Gasteiger partial charge on any atom is 0.206 e. The van der Waals surface area contributed by atoms with Gasteiger partial charge in [-0.2, -0.15) is 5.21 Å². The number of ether oxygens (including phenoxy) is 1. The SMILES string of the molecule is C[C@H](COC1(c2nn[nH]n2)CC1)NC1CCCCC1. The molecule has 19 heavy (non-hydrogen) atoms. The molecule has 3 rings (SSSR count). The predicted molar refractivity (Wildman–Crippen MR) is 70.5 cm³/mol. The van der Waals surface area contributed by atoms with Crippen LogP contribution in [0.4, 0.5) is 0 Å². The molecule has 2 N–H and O–H groups in total. The number of aromatic nitrogens is 4. The van der Waals surface area contributed by atoms with E-state index in [-0.39, 0.29) is 5.60 Å². The second kappa shape index (κ2) is 5.54. The molecule has 0 bridgehead atoms. The third kappa shape index (κ3) is 3.12. The van der Waals surface area contributed by atoms with Crippen LogP contribution in [0.2, 0.25) is 0 Å². The Balaban J connectivity index is 1.44. The van der Waals surface area contributed by atoms with Crippen molar-refractivity contribution in [3.63, 3.8) is 0 Å². The van der Waals surface area contributed by atoms with Gasteiger partial charge in [0, 0.05) is 12.1 Å². The van der Waals surface area contributed by atoms with E-state index in [1.165, 1.54) is 32.1 Å². The number of hydrogen-bond acceptors (Lipinski definition) is 5. The molecule has 1 aromatic heterocycles. The van der Waals surface area contributed by atoms with E-state index in [1.807, 2.05) is 0 Å². The zero-order valence-corrected chi connectivity index (χ0v) is 11.6. The fourth-order valence-electron chi connectivity index (χ4n) is 2.91. The van der Waals surface area contributed by atoms with Gasteiger partial charge in [0.05, 0.1) is 6.61 Å². The monoisotopic (exact) mass is 265 g/mol. The van der Waals surface area contributed by atoms with Gasteiger partial charge in [-0.25, -0.2) is 0 Å². The van der Waals surface area contributed by atoms with Crippen LogP contribution >= 0.6 is 0 Å². The largest absolute Gasteiger partial charge is 0.365 e.